The summed E-state index contributed by atoms with van der Waals surface area (Å²) in [6.07, 6.45) is 0.743. The van der Waals surface area contributed by atoms with Crippen molar-refractivity contribution in [1.29, 1.82) is 0 Å². The van der Waals surface area contributed by atoms with Crippen LogP contribution in [-0.4, -0.2) is 14.9 Å². The predicted octanol–water partition coefficient (Wildman–Crippen LogP) is 8.30. The SMILES string of the molecule is CC(C)(C)[Si](C)(C)OCc1cc(C[P+](c2ccccc2)(c2ccccc2)c2ccccc2)ccc1OC(F)F. The van der Waals surface area contributed by atoms with E-state index in [2.05, 4.69) is 107 Å². The van der Waals surface area contributed by atoms with Crippen LogP contribution >= 0.6 is 7.26 Å². The van der Waals surface area contributed by atoms with Crippen LogP contribution in [0.2, 0.25) is 18.1 Å². The fourth-order valence-corrected chi connectivity index (χ4v) is 9.75. The molecule has 0 aliphatic rings. The highest BCUT2D eigenvalue weighted by Gasteiger charge is 2.45. The Hall–Kier alpha value is -2.85. The lowest BCUT2D eigenvalue weighted by molar-refractivity contribution is -0.0509. The van der Waals surface area contributed by atoms with E-state index in [1.165, 1.54) is 15.9 Å². The largest absolute Gasteiger partial charge is 0.434 e. The maximum atomic E-state index is 13.4. The van der Waals surface area contributed by atoms with E-state index in [0.29, 0.717) is 5.56 Å². The summed E-state index contributed by atoms with van der Waals surface area (Å²) in [5.74, 6) is 0.176. The molecule has 0 bridgehead atoms. The third kappa shape index (κ3) is 6.66. The molecule has 4 aromatic carbocycles. The summed E-state index contributed by atoms with van der Waals surface area (Å²) in [7, 11) is -4.25. The lowest BCUT2D eigenvalue weighted by atomic mass is 10.1. The van der Waals surface area contributed by atoms with Crippen LogP contribution in [0.1, 0.15) is 31.9 Å². The van der Waals surface area contributed by atoms with Gasteiger partial charge >= 0.3 is 6.61 Å². The molecule has 0 unspecified atom stereocenters. The Kier molecular flexibility index (Phi) is 9.06. The molecule has 0 spiro atoms. The molecule has 2 nitrogen and oxygen atoms in total. The minimum atomic E-state index is -2.90. The lowest BCUT2D eigenvalue weighted by Crippen LogP contribution is -2.40. The van der Waals surface area contributed by atoms with E-state index in [1.807, 2.05) is 30.3 Å². The van der Waals surface area contributed by atoms with Crippen molar-refractivity contribution in [3.63, 3.8) is 0 Å². The standard InChI is InChI=1S/C33H38F2O2PSi/c1-33(2,3)39(4,5)36-24-27-23-26(21-22-31(27)37-32(34)35)25-38(28-15-9-6-10-16-28,29-17-11-7-12-18-29)30-19-13-8-14-20-30/h6-23,32H,24-25H2,1-5H3/q+1. The number of halogens is 2. The second kappa shape index (κ2) is 12.1. The van der Waals surface area contributed by atoms with E-state index >= 15 is 0 Å². The number of hydrogen-bond acceptors (Lipinski definition) is 2. The molecule has 0 saturated heterocycles. The maximum absolute atomic E-state index is 13.4. The fourth-order valence-electron chi connectivity index (χ4n) is 4.57. The Bertz CT molecular complexity index is 1240. The van der Waals surface area contributed by atoms with Gasteiger partial charge < -0.3 is 9.16 Å². The smallest absolute Gasteiger partial charge is 0.387 e. The van der Waals surface area contributed by atoms with Crippen molar-refractivity contribution in [1.82, 2.24) is 0 Å². The molecule has 0 N–H and O–H groups in total. The van der Waals surface area contributed by atoms with Gasteiger partial charge in [-0.3, -0.25) is 0 Å². The quantitative estimate of drug-likeness (QED) is 0.143. The summed E-state index contributed by atoms with van der Waals surface area (Å²) in [6.45, 7) is 8.19. The number of rotatable bonds is 10. The van der Waals surface area contributed by atoms with Gasteiger partial charge in [-0.05, 0) is 72.2 Å². The number of ether oxygens (including phenoxy) is 1. The van der Waals surface area contributed by atoms with E-state index < -0.39 is 22.2 Å². The zero-order valence-corrected chi connectivity index (χ0v) is 25.3. The molecule has 6 heteroatoms. The molecule has 0 fully saturated rings. The topological polar surface area (TPSA) is 18.5 Å². The Balaban J connectivity index is 1.84. The first kappa shape index (κ1) is 29.1. The lowest BCUT2D eigenvalue weighted by Gasteiger charge is -2.36. The van der Waals surface area contributed by atoms with Gasteiger partial charge in [-0.2, -0.15) is 8.78 Å². The highest BCUT2D eigenvalue weighted by molar-refractivity contribution is 7.95. The first-order valence-corrected chi connectivity index (χ1v) is 18.2. The van der Waals surface area contributed by atoms with Gasteiger partial charge in [-0.15, -0.1) is 0 Å². The van der Waals surface area contributed by atoms with Crippen molar-refractivity contribution in [3.05, 3.63) is 120 Å². The molecular weight excluding hydrogens is 525 g/mol. The highest BCUT2D eigenvalue weighted by Crippen LogP contribution is 2.58. The molecule has 4 aromatic rings. The van der Waals surface area contributed by atoms with Crippen molar-refractivity contribution < 1.29 is 17.9 Å². The van der Waals surface area contributed by atoms with Crippen molar-refractivity contribution in [2.75, 3.05) is 0 Å². The van der Waals surface area contributed by atoms with Crippen molar-refractivity contribution in [3.8, 4) is 5.75 Å². The Labute approximate surface area is 233 Å². The summed E-state index contributed by atoms with van der Waals surface area (Å²) in [6, 6.07) is 37.6. The van der Waals surface area contributed by atoms with Crippen molar-refractivity contribution >= 4 is 31.5 Å². The summed E-state index contributed by atoms with van der Waals surface area (Å²) < 4.78 is 38.1. The van der Waals surface area contributed by atoms with Crippen LogP contribution in [-0.2, 0) is 17.2 Å². The molecule has 0 heterocycles. The fraction of sp³-hybridized carbons (Fsp3) is 0.273. The van der Waals surface area contributed by atoms with Gasteiger partial charge in [0.05, 0.1) is 12.8 Å². The van der Waals surface area contributed by atoms with Crippen LogP contribution < -0.4 is 20.7 Å². The molecular formula is C33H38F2O2PSi+. The van der Waals surface area contributed by atoms with Gasteiger partial charge in [0.1, 0.15) is 28.9 Å². The van der Waals surface area contributed by atoms with Crippen LogP contribution in [0, 0.1) is 0 Å². The first-order valence-electron chi connectivity index (χ1n) is 13.3. The van der Waals surface area contributed by atoms with Gasteiger partial charge in [0.2, 0.25) is 0 Å². The van der Waals surface area contributed by atoms with Gasteiger partial charge in [-0.25, -0.2) is 0 Å². The summed E-state index contributed by atoms with van der Waals surface area (Å²) in [4.78, 5) is 0. The van der Waals surface area contributed by atoms with Gasteiger partial charge in [0.25, 0.3) is 0 Å². The average Bonchev–Trinajstić information content (AvgIpc) is 2.92. The van der Waals surface area contributed by atoms with Gasteiger partial charge in [0.15, 0.2) is 8.32 Å². The van der Waals surface area contributed by atoms with E-state index in [9.17, 15) is 8.78 Å². The summed E-state index contributed by atoms with van der Waals surface area (Å²) in [5, 5.41) is 3.82. The molecule has 0 radical (unpaired) electrons. The van der Waals surface area contributed by atoms with Crippen LogP contribution in [0.3, 0.4) is 0 Å². The molecule has 0 aliphatic heterocycles. The summed E-state index contributed by atoms with van der Waals surface area (Å²) in [5.41, 5.74) is 1.72. The van der Waals surface area contributed by atoms with E-state index in [1.54, 1.807) is 6.07 Å². The molecule has 0 aliphatic carbocycles. The predicted molar refractivity (Wildman–Crippen MR) is 164 cm³/mol. The molecule has 0 amide bonds. The van der Waals surface area contributed by atoms with Crippen molar-refractivity contribution in [2.45, 2.75) is 58.3 Å². The van der Waals surface area contributed by atoms with Crippen LogP contribution in [0.5, 0.6) is 5.75 Å². The van der Waals surface area contributed by atoms with Crippen LogP contribution in [0.15, 0.2) is 109 Å². The molecule has 0 aromatic heterocycles. The van der Waals surface area contributed by atoms with E-state index in [4.69, 9.17) is 9.16 Å². The number of benzene rings is 4. The van der Waals surface area contributed by atoms with Gasteiger partial charge in [0, 0.05) is 5.56 Å². The number of alkyl halides is 2. The van der Waals surface area contributed by atoms with Crippen molar-refractivity contribution in [2.24, 2.45) is 0 Å². The second-order valence-corrected chi connectivity index (χ2v) is 19.6. The monoisotopic (exact) mass is 563 g/mol. The molecule has 0 saturated carbocycles. The Morgan fingerprint density at radius 1 is 0.718 bits per heavy atom. The first-order chi connectivity index (χ1) is 18.5. The van der Waals surface area contributed by atoms with Crippen LogP contribution in [0.25, 0.3) is 0 Å². The van der Waals surface area contributed by atoms with Crippen LogP contribution in [0.4, 0.5) is 8.78 Å². The molecule has 4 rings (SSSR count). The third-order valence-electron chi connectivity index (χ3n) is 7.75. The zero-order valence-electron chi connectivity index (χ0n) is 23.4. The average molecular weight is 564 g/mol. The normalized spacial score (nSPS) is 12.5. The Morgan fingerprint density at radius 2 is 1.18 bits per heavy atom. The highest BCUT2D eigenvalue weighted by atomic mass is 31.2. The minimum Gasteiger partial charge on any atom is -0.434 e. The van der Waals surface area contributed by atoms with E-state index in [0.717, 1.165) is 11.7 Å². The zero-order chi connectivity index (χ0) is 28.1. The molecule has 39 heavy (non-hydrogen) atoms. The third-order valence-corrected chi connectivity index (χ3v) is 16.6. The molecule has 204 valence electrons. The maximum Gasteiger partial charge on any atom is 0.387 e. The van der Waals surface area contributed by atoms with Gasteiger partial charge in [-0.1, -0.05) is 81.4 Å². The Morgan fingerprint density at radius 3 is 1.59 bits per heavy atom. The van der Waals surface area contributed by atoms with E-state index in [-0.39, 0.29) is 17.4 Å². The minimum absolute atomic E-state index is 0.00293. The summed E-state index contributed by atoms with van der Waals surface area (Å²) >= 11 is 0. The molecule has 0 atom stereocenters. The number of hydrogen-bond donors (Lipinski definition) is 0. The second-order valence-electron chi connectivity index (χ2n) is 11.3.